The number of rotatable bonds is 5. The van der Waals surface area contributed by atoms with Crippen LogP contribution in [0.3, 0.4) is 0 Å². The number of carboxylic acids is 1. The van der Waals surface area contributed by atoms with Gasteiger partial charge in [0.2, 0.25) is 5.91 Å². The molecule has 0 aliphatic heterocycles. The van der Waals surface area contributed by atoms with Crippen LogP contribution in [0.15, 0.2) is 0 Å². The number of carbonyl (C=O) groups excluding carboxylic acids is 1. The van der Waals surface area contributed by atoms with Gasteiger partial charge in [0, 0.05) is 0 Å². The Bertz CT molecular complexity index is 298. The average Bonchev–Trinajstić information content (AvgIpc) is 2.82. The van der Waals surface area contributed by atoms with E-state index >= 15 is 0 Å². The van der Waals surface area contributed by atoms with Crippen LogP contribution in [0.5, 0.6) is 0 Å². The van der Waals surface area contributed by atoms with Gasteiger partial charge in [0.25, 0.3) is 0 Å². The molecule has 0 unspecified atom stereocenters. The topological polar surface area (TPSA) is 75.6 Å². The van der Waals surface area contributed by atoms with Crippen molar-refractivity contribution in [1.29, 1.82) is 0 Å². The maximum absolute atomic E-state index is 11.6. The van der Waals surface area contributed by atoms with Crippen molar-refractivity contribution in [2.45, 2.75) is 24.6 Å². The van der Waals surface area contributed by atoms with E-state index in [4.69, 9.17) is 5.11 Å². The number of halogens is 3. The van der Waals surface area contributed by atoms with Gasteiger partial charge >= 0.3 is 12.1 Å². The first-order valence-electron chi connectivity index (χ1n) is 4.44. The first-order chi connectivity index (χ1) is 7.25. The van der Waals surface area contributed by atoms with Crippen LogP contribution in [0.2, 0.25) is 0 Å². The normalized spacial score (nSPS) is 17.9. The zero-order valence-corrected chi connectivity index (χ0v) is 8.13. The van der Waals surface area contributed by atoms with Crippen molar-refractivity contribution in [1.82, 2.24) is 5.32 Å². The van der Waals surface area contributed by atoms with E-state index in [1.54, 1.807) is 0 Å². The van der Waals surface area contributed by atoms with E-state index in [1.165, 1.54) is 0 Å². The van der Waals surface area contributed by atoms with E-state index in [-0.39, 0.29) is 12.8 Å². The van der Waals surface area contributed by atoms with Crippen LogP contribution in [0.4, 0.5) is 13.2 Å². The number of carboxylic acid groups (broad SMARTS) is 1. The van der Waals surface area contributed by atoms with E-state index < -0.39 is 36.8 Å². The van der Waals surface area contributed by atoms with Crippen molar-refractivity contribution >= 4 is 11.9 Å². The molecule has 0 spiro atoms. The van der Waals surface area contributed by atoms with Gasteiger partial charge in [-0.15, -0.1) is 0 Å². The van der Waals surface area contributed by atoms with Gasteiger partial charge in [-0.05, 0) is 12.8 Å². The smallest absolute Gasteiger partial charge is 0.411 e. The maximum Gasteiger partial charge on any atom is 0.411 e. The number of nitrogens with one attached hydrogen (secondary N) is 1. The monoisotopic (exact) mass is 241 g/mol. The largest absolute Gasteiger partial charge is 0.480 e. The highest BCUT2D eigenvalue weighted by Gasteiger charge is 2.51. The minimum absolute atomic E-state index is 0.285. The predicted octanol–water partition coefficient (Wildman–Crippen LogP) is 0.299. The fourth-order valence-corrected chi connectivity index (χ4v) is 1.08. The molecule has 1 rings (SSSR count). The molecule has 1 saturated carbocycles. The third kappa shape index (κ3) is 3.69. The Hall–Kier alpha value is -1.31. The first-order valence-corrected chi connectivity index (χ1v) is 4.44. The summed E-state index contributed by atoms with van der Waals surface area (Å²) in [5.74, 6) is -2.04. The van der Waals surface area contributed by atoms with Crippen LogP contribution in [0.1, 0.15) is 12.8 Å². The van der Waals surface area contributed by atoms with Crippen LogP contribution in [-0.4, -0.2) is 41.9 Å². The number of ether oxygens (including phenoxy) is 1. The Morgan fingerprint density at radius 2 is 1.94 bits per heavy atom. The van der Waals surface area contributed by atoms with Gasteiger partial charge < -0.3 is 15.2 Å². The van der Waals surface area contributed by atoms with Gasteiger partial charge in [-0.1, -0.05) is 0 Å². The number of hydrogen-bond acceptors (Lipinski definition) is 3. The van der Waals surface area contributed by atoms with Crippen LogP contribution >= 0.6 is 0 Å². The molecule has 16 heavy (non-hydrogen) atoms. The summed E-state index contributed by atoms with van der Waals surface area (Å²) in [6.45, 7) is -2.32. The lowest BCUT2D eigenvalue weighted by molar-refractivity contribution is -0.176. The zero-order valence-electron chi connectivity index (χ0n) is 8.13. The lowest BCUT2D eigenvalue weighted by Gasteiger charge is -2.12. The van der Waals surface area contributed by atoms with Gasteiger partial charge in [-0.3, -0.25) is 4.79 Å². The predicted molar refractivity (Wildman–Crippen MR) is 44.6 cm³/mol. The van der Waals surface area contributed by atoms with Gasteiger partial charge in [0.1, 0.15) is 18.8 Å². The molecule has 1 aliphatic rings. The van der Waals surface area contributed by atoms with Gasteiger partial charge in [0.05, 0.1) is 0 Å². The van der Waals surface area contributed by atoms with Crippen molar-refractivity contribution in [2.24, 2.45) is 0 Å². The lowest BCUT2D eigenvalue weighted by atomic mass is 10.3. The Kier molecular flexibility index (Phi) is 3.41. The Balaban J connectivity index is 2.25. The zero-order chi connectivity index (χ0) is 12.4. The second kappa shape index (κ2) is 4.28. The fourth-order valence-electron chi connectivity index (χ4n) is 1.08. The molecule has 0 radical (unpaired) electrons. The molecule has 2 N–H and O–H groups in total. The summed E-state index contributed by atoms with van der Waals surface area (Å²) in [5, 5.41) is 10.8. The van der Waals surface area contributed by atoms with Crippen LogP contribution in [-0.2, 0) is 14.3 Å². The van der Waals surface area contributed by atoms with Crippen molar-refractivity contribution in [3.05, 3.63) is 0 Å². The summed E-state index contributed by atoms with van der Waals surface area (Å²) in [5.41, 5.74) is -1.29. The molecule has 0 bridgehead atoms. The molecule has 0 aromatic rings. The van der Waals surface area contributed by atoms with Gasteiger partial charge in [-0.2, -0.15) is 13.2 Å². The van der Waals surface area contributed by atoms with Crippen LogP contribution < -0.4 is 5.32 Å². The molecule has 0 saturated heterocycles. The molecule has 0 aromatic carbocycles. The summed E-state index contributed by atoms with van der Waals surface area (Å²) >= 11 is 0. The summed E-state index contributed by atoms with van der Waals surface area (Å²) in [7, 11) is 0. The number of amides is 1. The molecular formula is C8H10F3NO4. The highest BCUT2D eigenvalue weighted by molar-refractivity contribution is 5.89. The minimum atomic E-state index is -4.50. The molecule has 1 fully saturated rings. The Labute approximate surface area is 88.6 Å². The highest BCUT2D eigenvalue weighted by atomic mass is 19.4. The quantitative estimate of drug-likeness (QED) is 0.725. The first kappa shape index (κ1) is 12.8. The van der Waals surface area contributed by atoms with E-state index in [0.29, 0.717) is 0 Å². The van der Waals surface area contributed by atoms with Crippen LogP contribution in [0, 0.1) is 0 Å². The molecular weight excluding hydrogens is 231 g/mol. The number of carbonyl (C=O) groups is 2. The molecule has 0 atom stereocenters. The minimum Gasteiger partial charge on any atom is -0.480 e. The van der Waals surface area contributed by atoms with Crippen molar-refractivity contribution in [2.75, 3.05) is 13.2 Å². The average molecular weight is 241 g/mol. The Morgan fingerprint density at radius 1 is 1.38 bits per heavy atom. The van der Waals surface area contributed by atoms with E-state index in [2.05, 4.69) is 10.1 Å². The molecule has 5 nitrogen and oxygen atoms in total. The van der Waals surface area contributed by atoms with Crippen molar-refractivity contribution in [3.8, 4) is 0 Å². The highest BCUT2D eigenvalue weighted by Crippen LogP contribution is 2.35. The summed E-state index contributed by atoms with van der Waals surface area (Å²) in [6, 6.07) is 0. The van der Waals surface area contributed by atoms with E-state index in [9.17, 15) is 22.8 Å². The number of hydrogen-bond donors (Lipinski definition) is 2. The molecule has 0 heterocycles. The number of alkyl halides is 3. The molecule has 8 heteroatoms. The van der Waals surface area contributed by atoms with Crippen molar-refractivity contribution in [3.63, 3.8) is 0 Å². The Morgan fingerprint density at radius 3 is 2.31 bits per heavy atom. The van der Waals surface area contributed by atoms with Gasteiger partial charge in [-0.25, -0.2) is 4.79 Å². The van der Waals surface area contributed by atoms with E-state index in [1.807, 2.05) is 0 Å². The van der Waals surface area contributed by atoms with Crippen molar-refractivity contribution < 1.29 is 32.6 Å². The third-order valence-corrected chi connectivity index (χ3v) is 2.04. The summed E-state index contributed by atoms with van der Waals surface area (Å²) < 4.78 is 39.0. The second-order valence-corrected chi connectivity index (χ2v) is 3.54. The molecule has 92 valence electrons. The lowest BCUT2D eigenvalue weighted by Crippen LogP contribution is -2.44. The fraction of sp³-hybridized carbons (Fsp3) is 0.750. The third-order valence-electron chi connectivity index (χ3n) is 2.04. The molecule has 1 amide bonds. The van der Waals surface area contributed by atoms with Gasteiger partial charge in [0.15, 0.2) is 0 Å². The summed E-state index contributed by atoms with van der Waals surface area (Å²) in [6.07, 6.45) is -3.93. The maximum atomic E-state index is 11.6. The second-order valence-electron chi connectivity index (χ2n) is 3.54. The SMILES string of the molecule is O=C(COCC(F)(F)F)NC1(C(=O)O)CC1. The van der Waals surface area contributed by atoms with E-state index in [0.717, 1.165) is 0 Å². The molecule has 1 aliphatic carbocycles. The van der Waals surface area contributed by atoms with Crippen LogP contribution in [0.25, 0.3) is 0 Å². The summed E-state index contributed by atoms with van der Waals surface area (Å²) in [4.78, 5) is 21.6. The number of aliphatic carboxylic acids is 1. The standard InChI is InChI=1S/C8H10F3NO4/c9-8(10,11)4-16-3-5(13)12-7(1-2-7)6(14)15/h1-4H2,(H,12,13)(H,14,15). The molecule has 0 aromatic heterocycles.